The van der Waals surface area contributed by atoms with Gasteiger partial charge in [0.05, 0.1) is 18.3 Å². The van der Waals surface area contributed by atoms with Crippen LogP contribution in [0.2, 0.25) is 0 Å². The number of nitrogens with zero attached hydrogens (tertiary/aromatic N) is 3. The van der Waals surface area contributed by atoms with E-state index in [1.54, 1.807) is 10.9 Å². The van der Waals surface area contributed by atoms with E-state index in [-0.39, 0.29) is 18.1 Å². The molecule has 6 heteroatoms. The lowest BCUT2D eigenvalue weighted by Gasteiger charge is -2.20. The van der Waals surface area contributed by atoms with Crippen molar-refractivity contribution >= 4 is 5.91 Å². The maximum absolute atomic E-state index is 12.5. The lowest BCUT2D eigenvalue weighted by Crippen LogP contribution is -2.41. The molecule has 0 saturated carbocycles. The summed E-state index contributed by atoms with van der Waals surface area (Å²) >= 11 is 0. The van der Waals surface area contributed by atoms with Crippen molar-refractivity contribution in [3.05, 3.63) is 36.3 Å². The Hall–Kier alpha value is -2.08. The van der Waals surface area contributed by atoms with Crippen LogP contribution in [0.5, 0.6) is 0 Å². The molecule has 2 aromatic rings. The molecule has 1 aliphatic rings. The highest BCUT2D eigenvalue weighted by molar-refractivity contribution is 5.97. The molecule has 0 aromatic carbocycles. The minimum absolute atomic E-state index is 0.00211. The van der Waals surface area contributed by atoms with Gasteiger partial charge in [-0.3, -0.25) is 9.48 Å². The number of amides is 1. The summed E-state index contributed by atoms with van der Waals surface area (Å²) in [5.74, 6) is 0.645. The number of nitrogens with one attached hydrogen (secondary N) is 1. The summed E-state index contributed by atoms with van der Waals surface area (Å²) in [5, 5.41) is 7.23. The average molecular weight is 288 g/mol. The van der Waals surface area contributed by atoms with Crippen LogP contribution in [0.1, 0.15) is 30.1 Å². The zero-order valence-corrected chi connectivity index (χ0v) is 12.3. The van der Waals surface area contributed by atoms with Crippen LogP contribution in [0, 0.1) is 0 Å². The molecule has 1 amide bonds. The molecule has 0 spiro atoms. The van der Waals surface area contributed by atoms with Crippen molar-refractivity contribution in [3.8, 4) is 5.82 Å². The fourth-order valence-electron chi connectivity index (χ4n) is 2.75. The van der Waals surface area contributed by atoms with Crippen LogP contribution >= 0.6 is 0 Å². The second-order valence-electron chi connectivity index (χ2n) is 5.41. The zero-order chi connectivity index (χ0) is 14.8. The van der Waals surface area contributed by atoms with Crippen molar-refractivity contribution in [1.29, 1.82) is 0 Å². The van der Waals surface area contributed by atoms with Crippen molar-refractivity contribution in [1.82, 2.24) is 19.7 Å². The lowest BCUT2D eigenvalue weighted by molar-refractivity contribution is 0.0712. The third kappa shape index (κ3) is 2.71. The van der Waals surface area contributed by atoms with Crippen LogP contribution < -0.4 is 5.32 Å². The van der Waals surface area contributed by atoms with E-state index in [4.69, 9.17) is 4.74 Å². The van der Waals surface area contributed by atoms with Gasteiger partial charge in [0.25, 0.3) is 5.91 Å². The largest absolute Gasteiger partial charge is 0.376 e. The smallest absolute Gasteiger partial charge is 0.256 e. The van der Waals surface area contributed by atoms with Crippen LogP contribution in [-0.2, 0) is 11.8 Å². The van der Waals surface area contributed by atoms with Crippen molar-refractivity contribution in [3.63, 3.8) is 0 Å². The molecule has 0 bridgehead atoms. The van der Waals surface area contributed by atoms with Crippen LogP contribution in [0.3, 0.4) is 0 Å². The van der Waals surface area contributed by atoms with E-state index in [1.807, 2.05) is 43.1 Å². The van der Waals surface area contributed by atoms with Crippen LogP contribution in [0.4, 0.5) is 0 Å². The third-order valence-corrected chi connectivity index (χ3v) is 3.88. The molecule has 1 fully saturated rings. The van der Waals surface area contributed by atoms with Gasteiger partial charge in [0.15, 0.2) is 0 Å². The molecular formula is C15H20N4O2. The summed E-state index contributed by atoms with van der Waals surface area (Å²) in [4.78, 5) is 12.5. The number of carbonyl (C=O) groups excluding carboxylic acids is 1. The Morgan fingerprint density at radius 1 is 1.48 bits per heavy atom. The summed E-state index contributed by atoms with van der Waals surface area (Å²) in [6.45, 7) is 2.77. The minimum Gasteiger partial charge on any atom is -0.376 e. The maximum atomic E-state index is 12.5. The highest BCUT2D eigenvalue weighted by atomic mass is 16.5. The van der Waals surface area contributed by atoms with Crippen molar-refractivity contribution < 1.29 is 9.53 Å². The first-order valence-electron chi connectivity index (χ1n) is 7.24. The van der Waals surface area contributed by atoms with Gasteiger partial charge in [0.1, 0.15) is 11.4 Å². The van der Waals surface area contributed by atoms with Gasteiger partial charge in [-0.2, -0.15) is 5.10 Å². The van der Waals surface area contributed by atoms with Gasteiger partial charge in [-0.1, -0.05) is 0 Å². The SMILES string of the molecule is C[C@@H](NC(=O)c1cnn(C)c1-n1cccc1)[C@@H]1CCCO1. The van der Waals surface area contributed by atoms with E-state index >= 15 is 0 Å². The first-order valence-corrected chi connectivity index (χ1v) is 7.24. The van der Waals surface area contributed by atoms with E-state index in [9.17, 15) is 4.79 Å². The highest BCUT2D eigenvalue weighted by Crippen LogP contribution is 2.17. The molecule has 1 saturated heterocycles. The second-order valence-corrected chi connectivity index (χ2v) is 5.41. The fraction of sp³-hybridized carbons (Fsp3) is 0.467. The third-order valence-electron chi connectivity index (χ3n) is 3.88. The maximum Gasteiger partial charge on any atom is 0.256 e. The number of ether oxygens (including phenoxy) is 1. The van der Waals surface area contributed by atoms with E-state index in [1.165, 1.54) is 0 Å². The van der Waals surface area contributed by atoms with Gasteiger partial charge in [-0.25, -0.2) is 0 Å². The Morgan fingerprint density at radius 3 is 2.90 bits per heavy atom. The topological polar surface area (TPSA) is 61.1 Å². The van der Waals surface area contributed by atoms with Crippen molar-refractivity contribution in [2.75, 3.05) is 6.61 Å². The molecule has 0 aliphatic carbocycles. The summed E-state index contributed by atoms with van der Waals surface area (Å²) in [7, 11) is 1.83. The molecule has 1 aliphatic heterocycles. The number of aromatic nitrogens is 3. The molecule has 0 radical (unpaired) electrons. The number of aryl methyl sites for hydroxylation is 1. The Labute approximate surface area is 123 Å². The van der Waals surface area contributed by atoms with Crippen LogP contribution in [-0.4, -0.2) is 39.0 Å². The number of hydrogen-bond donors (Lipinski definition) is 1. The van der Waals surface area contributed by atoms with E-state index in [0.717, 1.165) is 25.3 Å². The van der Waals surface area contributed by atoms with E-state index < -0.39 is 0 Å². The Kier molecular flexibility index (Phi) is 3.79. The highest BCUT2D eigenvalue weighted by Gasteiger charge is 2.25. The Bertz CT molecular complexity index is 612. The van der Waals surface area contributed by atoms with Gasteiger partial charge in [-0.05, 0) is 31.9 Å². The molecule has 6 nitrogen and oxygen atoms in total. The minimum atomic E-state index is -0.116. The summed E-state index contributed by atoms with van der Waals surface area (Å²) in [6, 6.07) is 3.84. The van der Waals surface area contributed by atoms with Gasteiger partial charge in [0.2, 0.25) is 0 Å². The van der Waals surface area contributed by atoms with E-state index in [0.29, 0.717) is 5.56 Å². The van der Waals surface area contributed by atoms with Crippen LogP contribution in [0.15, 0.2) is 30.7 Å². The molecule has 0 unspecified atom stereocenters. The monoisotopic (exact) mass is 288 g/mol. The molecule has 2 aromatic heterocycles. The lowest BCUT2D eigenvalue weighted by atomic mass is 10.1. The second kappa shape index (κ2) is 5.73. The number of hydrogen-bond acceptors (Lipinski definition) is 3. The first-order chi connectivity index (χ1) is 10.2. The quantitative estimate of drug-likeness (QED) is 0.927. The summed E-state index contributed by atoms with van der Waals surface area (Å²) in [6.07, 6.45) is 7.58. The molecule has 21 heavy (non-hydrogen) atoms. The van der Waals surface area contributed by atoms with Crippen molar-refractivity contribution in [2.24, 2.45) is 7.05 Å². The molecule has 2 atom stereocenters. The Balaban J connectivity index is 1.79. The van der Waals surface area contributed by atoms with Gasteiger partial charge >= 0.3 is 0 Å². The molecule has 3 rings (SSSR count). The predicted octanol–water partition coefficient (Wildman–Crippen LogP) is 1.51. The summed E-state index contributed by atoms with van der Waals surface area (Å²) < 4.78 is 9.21. The average Bonchev–Trinajstić information content (AvgIpc) is 3.19. The van der Waals surface area contributed by atoms with Crippen LogP contribution in [0.25, 0.3) is 5.82 Å². The molecule has 112 valence electrons. The van der Waals surface area contributed by atoms with Gasteiger partial charge < -0.3 is 14.6 Å². The van der Waals surface area contributed by atoms with Gasteiger partial charge in [0, 0.05) is 26.0 Å². The normalized spacial score (nSPS) is 19.6. The Morgan fingerprint density at radius 2 is 2.24 bits per heavy atom. The molecule has 3 heterocycles. The first kappa shape index (κ1) is 13.9. The molecule has 1 N–H and O–H groups in total. The predicted molar refractivity (Wildman–Crippen MR) is 78.4 cm³/mol. The zero-order valence-electron chi connectivity index (χ0n) is 12.3. The number of carbonyl (C=O) groups is 1. The van der Waals surface area contributed by atoms with E-state index in [2.05, 4.69) is 10.4 Å². The van der Waals surface area contributed by atoms with Gasteiger partial charge in [-0.15, -0.1) is 0 Å². The standard InChI is InChI=1S/C15H20N4O2/c1-11(13-6-5-9-21-13)17-14(20)12-10-16-18(2)15(12)19-7-3-4-8-19/h3-4,7-8,10-11,13H,5-6,9H2,1-2H3,(H,17,20)/t11-,13+/m1/s1. The summed E-state index contributed by atoms with van der Waals surface area (Å²) in [5.41, 5.74) is 0.568. The fourth-order valence-corrected chi connectivity index (χ4v) is 2.75. The molecular weight excluding hydrogens is 268 g/mol. The number of rotatable bonds is 4. The van der Waals surface area contributed by atoms with Crippen molar-refractivity contribution in [2.45, 2.75) is 31.9 Å².